The Balaban J connectivity index is 1.50. The van der Waals surface area contributed by atoms with E-state index >= 15 is 0 Å². The molecule has 4 aliphatic rings. The molecular weight excluding hydrogens is 299 g/mol. The van der Waals surface area contributed by atoms with Gasteiger partial charge in [0, 0.05) is 13.5 Å². The molecule has 4 fully saturated rings. The van der Waals surface area contributed by atoms with Crippen LogP contribution in [0.15, 0.2) is 11.6 Å². The first-order valence-corrected chi connectivity index (χ1v) is 8.85. The molecule has 5 heteroatoms. The molecule has 1 N–H and O–H groups in total. The van der Waals surface area contributed by atoms with Gasteiger partial charge in [0.15, 0.2) is 0 Å². The third-order valence-corrected chi connectivity index (χ3v) is 6.39. The van der Waals surface area contributed by atoms with Crippen LogP contribution >= 0.6 is 0 Å². The second-order valence-electron chi connectivity index (χ2n) is 7.84. The van der Waals surface area contributed by atoms with Crippen molar-refractivity contribution >= 4 is 0 Å². The van der Waals surface area contributed by atoms with E-state index in [-0.39, 0.29) is 18.4 Å². The highest BCUT2D eigenvalue weighted by atomic mass is 19.1. The van der Waals surface area contributed by atoms with E-state index in [0.717, 1.165) is 6.42 Å². The molecule has 4 nitrogen and oxygen atoms in total. The first-order chi connectivity index (χ1) is 11.0. The minimum absolute atomic E-state index is 0.114. The molecule has 23 heavy (non-hydrogen) atoms. The minimum atomic E-state index is -1.29. The summed E-state index contributed by atoms with van der Waals surface area (Å²) in [7, 11) is 1.54. The van der Waals surface area contributed by atoms with Gasteiger partial charge in [-0.25, -0.2) is 4.39 Å². The number of alkyl halides is 1. The molecule has 1 spiro atoms. The molecule has 2 saturated heterocycles. The van der Waals surface area contributed by atoms with Gasteiger partial charge in [0.2, 0.25) is 0 Å². The molecule has 4 rings (SSSR count). The van der Waals surface area contributed by atoms with Crippen molar-refractivity contribution < 1.29 is 23.7 Å². The highest BCUT2D eigenvalue weighted by Gasteiger charge is 2.73. The summed E-state index contributed by atoms with van der Waals surface area (Å²) in [5.74, 6) is -0.117. The Morgan fingerprint density at radius 1 is 1.39 bits per heavy atom. The Morgan fingerprint density at radius 2 is 2.09 bits per heavy atom. The summed E-state index contributed by atoms with van der Waals surface area (Å²) in [6.45, 7) is 2.60. The normalized spacial score (nSPS) is 52.0. The Hall–Kier alpha value is -0.490. The SMILES string of the molecule is CO[C@@H]1[C@H](O)[C@@H](F)C[C@]2(CO2)[C@H]1[C@@]1(C)O[C@@H]1CC=C1CCCC1. The summed E-state index contributed by atoms with van der Waals surface area (Å²) >= 11 is 0. The predicted molar refractivity (Wildman–Crippen MR) is 82.9 cm³/mol. The molecule has 0 aromatic carbocycles. The fraction of sp³-hybridized carbons (Fsp3) is 0.889. The van der Waals surface area contributed by atoms with Gasteiger partial charge in [-0.3, -0.25) is 0 Å². The highest BCUT2D eigenvalue weighted by molar-refractivity contribution is 5.22. The molecule has 0 aromatic heterocycles. The van der Waals surface area contributed by atoms with Crippen molar-refractivity contribution in [2.45, 2.75) is 81.1 Å². The largest absolute Gasteiger partial charge is 0.387 e. The van der Waals surface area contributed by atoms with E-state index in [1.807, 2.05) is 0 Å². The molecule has 0 amide bonds. The molecule has 0 bridgehead atoms. The van der Waals surface area contributed by atoms with Crippen molar-refractivity contribution in [3.63, 3.8) is 0 Å². The van der Waals surface area contributed by atoms with Crippen molar-refractivity contribution in [2.75, 3.05) is 13.7 Å². The number of allylic oxidation sites excluding steroid dienone is 1. The first kappa shape index (κ1) is 16.0. The third kappa shape index (κ3) is 2.56. The fourth-order valence-electron chi connectivity index (χ4n) is 4.93. The van der Waals surface area contributed by atoms with Crippen LogP contribution in [-0.2, 0) is 14.2 Å². The minimum Gasteiger partial charge on any atom is -0.387 e. The lowest BCUT2D eigenvalue weighted by Gasteiger charge is -2.42. The number of hydrogen-bond acceptors (Lipinski definition) is 4. The standard InChI is InChI=1S/C18H27FO4/c1-17(13(23-17)8-7-11-5-3-4-6-11)16-15(21-2)14(20)12(19)9-18(16)10-22-18/h7,12-16,20H,3-6,8-10H2,1-2H3/t12-,13+,14+,15+,16+,17-,18-/m0/s1. The first-order valence-electron chi connectivity index (χ1n) is 8.85. The number of aliphatic hydroxyl groups excluding tert-OH is 1. The molecule has 7 atom stereocenters. The van der Waals surface area contributed by atoms with Crippen LogP contribution in [-0.4, -0.2) is 54.5 Å². The van der Waals surface area contributed by atoms with Gasteiger partial charge in [-0.15, -0.1) is 0 Å². The zero-order chi connectivity index (χ0) is 16.2. The molecule has 2 saturated carbocycles. The zero-order valence-electron chi connectivity index (χ0n) is 14.0. The van der Waals surface area contributed by atoms with Crippen LogP contribution < -0.4 is 0 Å². The van der Waals surface area contributed by atoms with Crippen LogP contribution in [0.4, 0.5) is 4.39 Å². The van der Waals surface area contributed by atoms with Crippen LogP contribution in [0.3, 0.4) is 0 Å². The van der Waals surface area contributed by atoms with Crippen LogP contribution in [0.5, 0.6) is 0 Å². The highest BCUT2D eigenvalue weighted by Crippen LogP contribution is 2.59. The molecule has 0 unspecified atom stereocenters. The van der Waals surface area contributed by atoms with Gasteiger partial charge in [0.25, 0.3) is 0 Å². The lowest BCUT2D eigenvalue weighted by atomic mass is 9.67. The Labute approximate surface area is 137 Å². The maximum absolute atomic E-state index is 14.1. The third-order valence-electron chi connectivity index (χ3n) is 6.39. The van der Waals surface area contributed by atoms with Crippen molar-refractivity contribution in [3.05, 3.63) is 11.6 Å². The summed E-state index contributed by atoms with van der Waals surface area (Å²) in [5.41, 5.74) is 0.633. The van der Waals surface area contributed by atoms with Crippen LogP contribution in [0.1, 0.15) is 45.4 Å². The lowest BCUT2D eigenvalue weighted by Crippen LogP contribution is -2.58. The molecule has 130 valence electrons. The molecule has 0 radical (unpaired) electrons. The van der Waals surface area contributed by atoms with E-state index < -0.39 is 29.6 Å². The molecular formula is C18H27FO4. The quantitative estimate of drug-likeness (QED) is 0.637. The average molecular weight is 326 g/mol. The van der Waals surface area contributed by atoms with E-state index in [4.69, 9.17) is 14.2 Å². The van der Waals surface area contributed by atoms with Gasteiger partial charge < -0.3 is 19.3 Å². The molecule has 0 aromatic rings. The van der Waals surface area contributed by atoms with Gasteiger partial charge in [0.05, 0.1) is 24.7 Å². The van der Waals surface area contributed by atoms with Crippen molar-refractivity contribution in [3.8, 4) is 0 Å². The number of epoxide rings is 2. The van der Waals surface area contributed by atoms with E-state index in [2.05, 4.69) is 13.0 Å². The monoisotopic (exact) mass is 326 g/mol. The van der Waals surface area contributed by atoms with Gasteiger partial charge in [0.1, 0.15) is 23.5 Å². The number of methoxy groups -OCH3 is 1. The Kier molecular flexibility index (Phi) is 3.84. The van der Waals surface area contributed by atoms with Gasteiger partial charge >= 0.3 is 0 Å². The number of halogens is 1. The number of aliphatic hydroxyl groups is 1. The number of rotatable bonds is 4. The predicted octanol–water partition coefficient (Wildman–Crippen LogP) is 2.54. The van der Waals surface area contributed by atoms with E-state index in [9.17, 15) is 9.50 Å². The summed E-state index contributed by atoms with van der Waals surface area (Å²) in [4.78, 5) is 0. The van der Waals surface area contributed by atoms with Crippen LogP contribution in [0.25, 0.3) is 0 Å². The molecule has 2 aliphatic carbocycles. The summed E-state index contributed by atoms with van der Waals surface area (Å²) in [6.07, 6.45) is 5.62. The van der Waals surface area contributed by atoms with Crippen molar-refractivity contribution in [1.29, 1.82) is 0 Å². The zero-order valence-corrected chi connectivity index (χ0v) is 14.0. The smallest absolute Gasteiger partial charge is 0.131 e. The number of hydrogen-bond donors (Lipinski definition) is 1. The second kappa shape index (κ2) is 5.51. The molecule has 2 heterocycles. The maximum atomic E-state index is 14.1. The Morgan fingerprint density at radius 3 is 2.70 bits per heavy atom. The van der Waals surface area contributed by atoms with Gasteiger partial charge in [-0.2, -0.15) is 0 Å². The van der Waals surface area contributed by atoms with Crippen LogP contribution in [0, 0.1) is 5.92 Å². The van der Waals surface area contributed by atoms with Crippen molar-refractivity contribution in [2.24, 2.45) is 5.92 Å². The molecule has 2 aliphatic heterocycles. The average Bonchev–Trinajstić information content (AvgIpc) is 3.35. The maximum Gasteiger partial charge on any atom is 0.131 e. The Bertz CT molecular complexity index is 495. The van der Waals surface area contributed by atoms with Crippen LogP contribution in [0.2, 0.25) is 0 Å². The van der Waals surface area contributed by atoms with Gasteiger partial charge in [-0.1, -0.05) is 11.6 Å². The van der Waals surface area contributed by atoms with E-state index in [1.54, 1.807) is 0 Å². The van der Waals surface area contributed by atoms with E-state index in [0.29, 0.717) is 6.61 Å². The fourth-order valence-corrected chi connectivity index (χ4v) is 4.93. The number of ether oxygens (including phenoxy) is 3. The summed E-state index contributed by atoms with van der Waals surface area (Å²) < 4.78 is 31.3. The topological polar surface area (TPSA) is 54.5 Å². The summed E-state index contributed by atoms with van der Waals surface area (Å²) in [6, 6.07) is 0. The summed E-state index contributed by atoms with van der Waals surface area (Å²) in [5, 5.41) is 10.2. The van der Waals surface area contributed by atoms with E-state index in [1.165, 1.54) is 38.4 Å². The second-order valence-corrected chi connectivity index (χ2v) is 7.84. The lowest BCUT2D eigenvalue weighted by molar-refractivity contribution is -0.144. The van der Waals surface area contributed by atoms with Crippen molar-refractivity contribution in [1.82, 2.24) is 0 Å². The van der Waals surface area contributed by atoms with Gasteiger partial charge in [-0.05, 0) is 39.0 Å².